The van der Waals surface area contributed by atoms with E-state index in [1.807, 2.05) is 24.3 Å². The lowest BCUT2D eigenvalue weighted by atomic mass is 10.1. The highest BCUT2D eigenvalue weighted by Gasteiger charge is 2.15. The molecule has 0 aliphatic carbocycles. The maximum atomic E-state index is 11.0. The molecule has 20 heavy (non-hydrogen) atoms. The van der Waals surface area contributed by atoms with Gasteiger partial charge in [-0.2, -0.15) is 0 Å². The molecule has 0 spiro atoms. The molecule has 1 heterocycles. The van der Waals surface area contributed by atoms with Gasteiger partial charge in [-0.25, -0.2) is 4.98 Å². The third kappa shape index (κ3) is 3.10. The highest BCUT2D eigenvalue weighted by Crippen LogP contribution is 2.23. The van der Waals surface area contributed by atoms with E-state index >= 15 is 0 Å². The Kier molecular flexibility index (Phi) is 4.27. The van der Waals surface area contributed by atoms with Crippen molar-refractivity contribution >= 4 is 11.5 Å². The van der Waals surface area contributed by atoms with E-state index in [0.717, 1.165) is 16.7 Å². The molecule has 0 bridgehead atoms. The SMILES string of the molecule is Cc1cnc(NCc2ccccc2CN)c([N+](=O)[O-])c1. The lowest BCUT2D eigenvalue weighted by molar-refractivity contribution is -0.384. The first kappa shape index (κ1) is 14.0. The number of hydrogen-bond donors (Lipinski definition) is 2. The lowest BCUT2D eigenvalue weighted by Crippen LogP contribution is -2.08. The molecule has 0 aliphatic heterocycles. The van der Waals surface area contributed by atoms with E-state index in [9.17, 15) is 10.1 Å². The van der Waals surface area contributed by atoms with E-state index in [1.165, 1.54) is 6.07 Å². The minimum Gasteiger partial charge on any atom is -0.360 e. The summed E-state index contributed by atoms with van der Waals surface area (Å²) in [5.74, 6) is 0.271. The molecule has 2 rings (SSSR count). The minimum atomic E-state index is -0.433. The monoisotopic (exact) mass is 272 g/mol. The normalized spacial score (nSPS) is 10.3. The molecule has 104 valence electrons. The van der Waals surface area contributed by atoms with Crippen molar-refractivity contribution in [3.63, 3.8) is 0 Å². The van der Waals surface area contributed by atoms with Crippen LogP contribution in [0.15, 0.2) is 36.5 Å². The topological polar surface area (TPSA) is 94.1 Å². The van der Waals surface area contributed by atoms with Crippen molar-refractivity contribution in [3.8, 4) is 0 Å². The van der Waals surface area contributed by atoms with Crippen molar-refractivity contribution < 1.29 is 4.92 Å². The van der Waals surface area contributed by atoms with E-state index in [2.05, 4.69) is 10.3 Å². The van der Waals surface area contributed by atoms with Crippen molar-refractivity contribution in [1.29, 1.82) is 0 Å². The summed E-state index contributed by atoms with van der Waals surface area (Å²) < 4.78 is 0. The van der Waals surface area contributed by atoms with Gasteiger partial charge in [0, 0.05) is 25.4 Å². The second-order valence-electron chi connectivity index (χ2n) is 4.46. The number of aryl methyl sites for hydroxylation is 1. The van der Waals surface area contributed by atoms with E-state index < -0.39 is 4.92 Å². The summed E-state index contributed by atoms with van der Waals surface area (Å²) in [7, 11) is 0. The van der Waals surface area contributed by atoms with Crippen LogP contribution < -0.4 is 11.1 Å². The quantitative estimate of drug-likeness (QED) is 0.643. The largest absolute Gasteiger partial charge is 0.360 e. The molecule has 1 aromatic carbocycles. The average molecular weight is 272 g/mol. The molecule has 0 aliphatic rings. The first-order valence-corrected chi connectivity index (χ1v) is 6.23. The van der Waals surface area contributed by atoms with Crippen LogP contribution in [-0.4, -0.2) is 9.91 Å². The number of pyridine rings is 1. The van der Waals surface area contributed by atoms with Gasteiger partial charge in [-0.15, -0.1) is 0 Å². The number of nitrogens with one attached hydrogen (secondary N) is 1. The van der Waals surface area contributed by atoms with Crippen LogP contribution in [0.25, 0.3) is 0 Å². The summed E-state index contributed by atoms with van der Waals surface area (Å²) in [5.41, 5.74) is 8.42. The Morgan fingerprint density at radius 3 is 2.70 bits per heavy atom. The molecular weight excluding hydrogens is 256 g/mol. The van der Waals surface area contributed by atoms with Crippen LogP contribution in [0.3, 0.4) is 0 Å². The van der Waals surface area contributed by atoms with Crippen LogP contribution in [-0.2, 0) is 13.1 Å². The van der Waals surface area contributed by atoms with Crippen LogP contribution in [0.4, 0.5) is 11.5 Å². The van der Waals surface area contributed by atoms with Gasteiger partial charge in [0.25, 0.3) is 0 Å². The number of benzene rings is 1. The van der Waals surface area contributed by atoms with E-state index in [-0.39, 0.29) is 11.5 Å². The van der Waals surface area contributed by atoms with Crippen LogP contribution in [0.1, 0.15) is 16.7 Å². The molecular formula is C14H16N4O2. The van der Waals surface area contributed by atoms with Crippen LogP contribution in [0.2, 0.25) is 0 Å². The zero-order valence-electron chi connectivity index (χ0n) is 11.2. The van der Waals surface area contributed by atoms with Gasteiger partial charge in [0.05, 0.1) is 4.92 Å². The molecule has 0 radical (unpaired) electrons. The molecule has 0 saturated carbocycles. The number of rotatable bonds is 5. The summed E-state index contributed by atoms with van der Waals surface area (Å²) in [6, 6.07) is 9.21. The highest BCUT2D eigenvalue weighted by molar-refractivity contribution is 5.56. The Bertz CT molecular complexity index is 628. The van der Waals surface area contributed by atoms with Crippen LogP contribution >= 0.6 is 0 Å². The highest BCUT2D eigenvalue weighted by atomic mass is 16.6. The van der Waals surface area contributed by atoms with Gasteiger partial charge in [-0.05, 0) is 23.6 Å². The Hall–Kier alpha value is -2.47. The van der Waals surface area contributed by atoms with Gasteiger partial charge < -0.3 is 11.1 Å². The van der Waals surface area contributed by atoms with Gasteiger partial charge >= 0.3 is 5.69 Å². The zero-order valence-corrected chi connectivity index (χ0v) is 11.2. The van der Waals surface area contributed by atoms with Gasteiger partial charge in [0.2, 0.25) is 5.82 Å². The van der Waals surface area contributed by atoms with Gasteiger partial charge in [0.15, 0.2) is 0 Å². The van der Waals surface area contributed by atoms with Crippen molar-refractivity contribution in [2.75, 3.05) is 5.32 Å². The van der Waals surface area contributed by atoms with Crippen molar-refractivity contribution in [1.82, 2.24) is 4.98 Å². The molecule has 6 nitrogen and oxygen atoms in total. The molecule has 1 aromatic heterocycles. The molecule has 6 heteroatoms. The number of aromatic nitrogens is 1. The van der Waals surface area contributed by atoms with Crippen LogP contribution in [0.5, 0.6) is 0 Å². The average Bonchev–Trinajstić information content (AvgIpc) is 2.46. The fourth-order valence-electron chi connectivity index (χ4n) is 1.94. The van der Waals surface area contributed by atoms with Gasteiger partial charge in [-0.1, -0.05) is 24.3 Å². The molecule has 0 unspecified atom stereocenters. The predicted octanol–water partition coefficient (Wildman–Crippen LogP) is 2.37. The first-order valence-electron chi connectivity index (χ1n) is 6.23. The number of nitrogens with zero attached hydrogens (tertiary/aromatic N) is 2. The Labute approximate surface area is 116 Å². The minimum absolute atomic E-state index is 0.0183. The third-order valence-electron chi connectivity index (χ3n) is 2.99. The van der Waals surface area contributed by atoms with E-state index in [4.69, 9.17) is 5.73 Å². The number of hydrogen-bond acceptors (Lipinski definition) is 5. The van der Waals surface area contributed by atoms with Gasteiger partial charge in [-0.3, -0.25) is 10.1 Å². The van der Waals surface area contributed by atoms with Crippen molar-refractivity contribution in [2.24, 2.45) is 5.73 Å². The molecule has 0 atom stereocenters. The predicted molar refractivity (Wildman–Crippen MR) is 77.3 cm³/mol. The Morgan fingerprint density at radius 1 is 1.35 bits per heavy atom. The summed E-state index contributed by atoms with van der Waals surface area (Å²) in [4.78, 5) is 14.7. The molecule has 0 saturated heterocycles. The lowest BCUT2D eigenvalue weighted by Gasteiger charge is -2.10. The van der Waals surface area contributed by atoms with E-state index in [1.54, 1.807) is 13.1 Å². The third-order valence-corrected chi connectivity index (χ3v) is 2.99. The van der Waals surface area contributed by atoms with Crippen molar-refractivity contribution in [3.05, 3.63) is 63.3 Å². The van der Waals surface area contributed by atoms with Crippen LogP contribution in [0, 0.1) is 17.0 Å². The molecule has 3 N–H and O–H groups in total. The second kappa shape index (κ2) is 6.12. The first-order chi connectivity index (χ1) is 9.61. The Balaban J connectivity index is 2.21. The number of nitro groups is 1. The molecule has 0 fully saturated rings. The smallest absolute Gasteiger partial charge is 0.311 e. The summed E-state index contributed by atoms with van der Waals surface area (Å²) in [6.45, 7) is 2.65. The molecule has 2 aromatic rings. The Morgan fingerprint density at radius 2 is 2.05 bits per heavy atom. The summed E-state index contributed by atoms with van der Waals surface area (Å²) in [6.07, 6.45) is 1.60. The summed E-state index contributed by atoms with van der Waals surface area (Å²) in [5, 5.41) is 14.0. The van der Waals surface area contributed by atoms with Crippen molar-refractivity contribution in [2.45, 2.75) is 20.0 Å². The maximum absolute atomic E-state index is 11.0. The van der Waals surface area contributed by atoms with E-state index in [0.29, 0.717) is 13.1 Å². The molecule has 0 amide bonds. The zero-order chi connectivity index (χ0) is 14.5. The maximum Gasteiger partial charge on any atom is 0.311 e. The summed E-state index contributed by atoms with van der Waals surface area (Å²) >= 11 is 0. The number of nitrogens with two attached hydrogens (primary N) is 1. The second-order valence-corrected chi connectivity index (χ2v) is 4.46. The fourth-order valence-corrected chi connectivity index (χ4v) is 1.94. The fraction of sp³-hybridized carbons (Fsp3) is 0.214. The van der Waals surface area contributed by atoms with Gasteiger partial charge in [0.1, 0.15) is 0 Å². The standard InChI is InChI=1S/C14H16N4O2/c1-10-6-13(18(19)20)14(16-8-10)17-9-12-5-3-2-4-11(12)7-15/h2-6,8H,7,9,15H2,1H3,(H,16,17). The number of anilines is 1.